The van der Waals surface area contributed by atoms with E-state index in [2.05, 4.69) is 20.5 Å². The lowest BCUT2D eigenvalue weighted by Crippen LogP contribution is -2.19. The van der Waals surface area contributed by atoms with E-state index in [0.29, 0.717) is 22.0 Å². The van der Waals surface area contributed by atoms with Crippen LogP contribution in [0.1, 0.15) is 5.56 Å². The molecule has 1 aliphatic rings. The number of hydrogen-bond acceptors (Lipinski definition) is 5. The second-order valence-electron chi connectivity index (χ2n) is 4.06. The molecular formula is C13H9FN4OS. The average Bonchev–Trinajstić information content (AvgIpc) is 2.85. The number of halogens is 1. The number of rotatable bonds is 2. The minimum Gasteiger partial charge on any atom is -0.303 e. The standard InChI is InChI=1S/C13H9FN4OS/c14-10-5-11-8(2-1-3-15-11)4-9(10)6-16-18-13-17-12(19)7-20-13/h1-6H,7H2,(H,17,18,19). The predicted molar refractivity (Wildman–Crippen MR) is 77.3 cm³/mol. The summed E-state index contributed by atoms with van der Waals surface area (Å²) < 4.78 is 13.8. The molecular weight excluding hydrogens is 279 g/mol. The second kappa shape index (κ2) is 5.38. The molecule has 0 radical (unpaired) electrons. The van der Waals surface area contributed by atoms with Gasteiger partial charge in [-0.25, -0.2) is 4.39 Å². The Hall–Kier alpha value is -2.28. The van der Waals surface area contributed by atoms with Crippen molar-refractivity contribution in [2.45, 2.75) is 0 Å². The van der Waals surface area contributed by atoms with Crippen LogP contribution in [0.4, 0.5) is 4.39 Å². The van der Waals surface area contributed by atoms with Crippen LogP contribution in [0.5, 0.6) is 0 Å². The molecule has 2 heterocycles. The van der Waals surface area contributed by atoms with Gasteiger partial charge in [-0.3, -0.25) is 9.78 Å². The SMILES string of the molecule is O=C1CSC(=NN=Cc2cc3cccnc3cc2F)N1. The lowest BCUT2D eigenvalue weighted by Gasteiger charge is -1.99. The van der Waals surface area contributed by atoms with Crippen LogP contribution < -0.4 is 5.32 Å². The first-order valence-electron chi connectivity index (χ1n) is 5.80. The summed E-state index contributed by atoms with van der Waals surface area (Å²) in [6.07, 6.45) is 2.93. The fourth-order valence-corrected chi connectivity index (χ4v) is 2.36. The Morgan fingerprint density at radius 3 is 3.15 bits per heavy atom. The third-order valence-corrected chi connectivity index (χ3v) is 3.52. The van der Waals surface area contributed by atoms with E-state index >= 15 is 0 Å². The largest absolute Gasteiger partial charge is 0.303 e. The molecule has 1 aromatic carbocycles. The molecule has 3 rings (SSSR count). The summed E-state index contributed by atoms with van der Waals surface area (Å²) in [4.78, 5) is 15.0. The highest BCUT2D eigenvalue weighted by Crippen LogP contribution is 2.16. The first-order valence-corrected chi connectivity index (χ1v) is 6.79. The Morgan fingerprint density at radius 2 is 2.35 bits per heavy atom. The lowest BCUT2D eigenvalue weighted by atomic mass is 10.1. The van der Waals surface area contributed by atoms with Crippen molar-refractivity contribution in [1.29, 1.82) is 0 Å². The number of thioether (sulfide) groups is 1. The first-order chi connectivity index (χ1) is 9.72. The molecule has 5 nitrogen and oxygen atoms in total. The number of nitrogens with one attached hydrogen (secondary N) is 1. The lowest BCUT2D eigenvalue weighted by molar-refractivity contribution is -0.116. The zero-order chi connectivity index (χ0) is 13.9. The van der Waals surface area contributed by atoms with Gasteiger partial charge in [0, 0.05) is 23.2 Å². The van der Waals surface area contributed by atoms with Crippen molar-refractivity contribution in [2.24, 2.45) is 10.2 Å². The molecule has 7 heteroatoms. The number of fused-ring (bicyclic) bond motifs is 1. The zero-order valence-corrected chi connectivity index (χ0v) is 11.0. The van der Waals surface area contributed by atoms with Gasteiger partial charge in [-0.15, -0.1) is 5.10 Å². The molecule has 0 spiro atoms. The molecule has 0 saturated carbocycles. The zero-order valence-electron chi connectivity index (χ0n) is 10.2. The quantitative estimate of drug-likeness (QED) is 0.678. The van der Waals surface area contributed by atoms with Gasteiger partial charge in [0.2, 0.25) is 5.91 Å². The highest BCUT2D eigenvalue weighted by molar-refractivity contribution is 8.15. The van der Waals surface area contributed by atoms with Crippen molar-refractivity contribution in [3.63, 3.8) is 0 Å². The van der Waals surface area contributed by atoms with Gasteiger partial charge in [0.05, 0.1) is 17.5 Å². The number of benzene rings is 1. The fraction of sp³-hybridized carbons (Fsp3) is 0.0769. The number of amides is 1. The number of carbonyl (C=O) groups excluding carboxylic acids is 1. The van der Waals surface area contributed by atoms with Crippen LogP contribution >= 0.6 is 11.8 Å². The summed E-state index contributed by atoms with van der Waals surface area (Å²) in [6, 6.07) is 6.64. The summed E-state index contributed by atoms with van der Waals surface area (Å²) >= 11 is 1.26. The van der Waals surface area contributed by atoms with Gasteiger partial charge in [-0.2, -0.15) is 5.10 Å². The monoisotopic (exact) mass is 288 g/mol. The maximum Gasteiger partial charge on any atom is 0.236 e. The number of carbonyl (C=O) groups is 1. The molecule has 1 fully saturated rings. The maximum atomic E-state index is 13.8. The van der Waals surface area contributed by atoms with E-state index in [1.165, 1.54) is 24.0 Å². The molecule has 0 aliphatic carbocycles. The van der Waals surface area contributed by atoms with Crippen LogP contribution in [-0.4, -0.2) is 28.0 Å². The van der Waals surface area contributed by atoms with Gasteiger partial charge in [-0.1, -0.05) is 17.8 Å². The van der Waals surface area contributed by atoms with Gasteiger partial charge in [-0.05, 0) is 12.1 Å². The van der Waals surface area contributed by atoms with Crippen molar-refractivity contribution >= 4 is 40.0 Å². The number of aromatic nitrogens is 1. The fourth-order valence-electron chi connectivity index (χ4n) is 1.73. The Bertz CT molecular complexity index is 744. The van der Waals surface area contributed by atoms with Gasteiger partial charge in [0.15, 0.2) is 5.17 Å². The molecule has 1 saturated heterocycles. The minimum atomic E-state index is -0.414. The molecule has 1 N–H and O–H groups in total. The van der Waals surface area contributed by atoms with E-state index in [-0.39, 0.29) is 5.91 Å². The normalized spacial score (nSPS) is 17.2. The van der Waals surface area contributed by atoms with Crippen LogP contribution in [0.3, 0.4) is 0 Å². The highest BCUT2D eigenvalue weighted by Gasteiger charge is 2.15. The molecule has 0 atom stereocenters. The van der Waals surface area contributed by atoms with Gasteiger partial charge >= 0.3 is 0 Å². The van der Waals surface area contributed by atoms with Crippen molar-refractivity contribution in [3.05, 3.63) is 41.8 Å². The Balaban J connectivity index is 1.87. The number of amidine groups is 1. The smallest absolute Gasteiger partial charge is 0.236 e. The van der Waals surface area contributed by atoms with E-state index in [1.54, 1.807) is 18.3 Å². The van der Waals surface area contributed by atoms with E-state index in [4.69, 9.17) is 0 Å². The van der Waals surface area contributed by atoms with E-state index in [0.717, 1.165) is 5.39 Å². The van der Waals surface area contributed by atoms with Gasteiger partial charge < -0.3 is 5.32 Å². The third kappa shape index (κ3) is 2.67. The Morgan fingerprint density at radius 1 is 1.45 bits per heavy atom. The van der Waals surface area contributed by atoms with Crippen LogP contribution in [0.15, 0.2) is 40.7 Å². The van der Waals surface area contributed by atoms with Gasteiger partial charge in [0.1, 0.15) is 5.82 Å². The van der Waals surface area contributed by atoms with Crippen LogP contribution in [0.25, 0.3) is 10.9 Å². The number of hydrogen-bond donors (Lipinski definition) is 1. The maximum absolute atomic E-state index is 13.8. The molecule has 1 aliphatic heterocycles. The van der Waals surface area contributed by atoms with Crippen molar-refractivity contribution in [2.75, 3.05) is 5.75 Å². The first kappa shape index (κ1) is 12.7. The number of nitrogens with zero attached hydrogens (tertiary/aromatic N) is 3. The van der Waals surface area contributed by atoms with Crippen molar-refractivity contribution in [3.8, 4) is 0 Å². The van der Waals surface area contributed by atoms with E-state index in [1.807, 2.05) is 6.07 Å². The van der Waals surface area contributed by atoms with Crippen LogP contribution in [0, 0.1) is 5.82 Å². The van der Waals surface area contributed by atoms with Gasteiger partial charge in [0.25, 0.3) is 0 Å². The van der Waals surface area contributed by atoms with Crippen molar-refractivity contribution < 1.29 is 9.18 Å². The predicted octanol–water partition coefficient (Wildman–Crippen LogP) is 1.93. The molecule has 100 valence electrons. The Labute approximate surface area is 118 Å². The highest BCUT2D eigenvalue weighted by atomic mass is 32.2. The third-order valence-electron chi connectivity index (χ3n) is 2.65. The summed E-state index contributed by atoms with van der Waals surface area (Å²) in [5, 5.41) is 11.4. The minimum absolute atomic E-state index is 0.105. The summed E-state index contributed by atoms with van der Waals surface area (Å²) in [6.45, 7) is 0. The van der Waals surface area contributed by atoms with Crippen LogP contribution in [0.2, 0.25) is 0 Å². The molecule has 1 aromatic heterocycles. The summed E-state index contributed by atoms with van der Waals surface area (Å²) in [5.74, 6) is -0.181. The summed E-state index contributed by atoms with van der Waals surface area (Å²) in [5.41, 5.74) is 0.913. The molecule has 20 heavy (non-hydrogen) atoms. The molecule has 1 amide bonds. The topological polar surface area (TPSA) is 66.7 Å². The van der Waals surface area contributed by atoms with E-state index < -0.39 is 5.82 Å². The molecule has 2 aromatic rings. The summed E-state index contributed by atoms with van der Waals surface area (Å²) in [7, 11) is 0. The average molecular weight is 288 g/mol. The second-order valence-corrected chi connectivity index (χ2v) is 5.02. The van der Waals surface area contributed by atoms with Crippen LogP contribution in [-0.2, 0) is 4.79 Å². The number of pyridine rings is 1. The Kier molecular flexibility index (Phi) is 3.42. The molecule has 0 bridgehead atoms. The van der Waals surface area contributed by atoms with Crippen molar-refractivity contribution in [1.82, 2.24) is 10.3 Å². The molecule has 0 unspecified atom stereocenters. The van der Waals surface area contributed by atoms with E-state index in [9.17, 15) is 9.18 Å².